The summed E-state index contributed by atoms with van der Waals surface area (Å²) in [5.41, 5.74) is 5.11. The number of H-pyrrole nitrogens is 1. The first-order chi connectivity index (χ1) is 11.2. The average molecular weight is 309 g/mol. The van der Waals surface area contributed by atoms with Gasteiger partial charge in [0.05, 0.1) is 42.2 Å². The van der Waals surface area contributed by atoms with E-state index in [4.69, 9.17) is 9.72 Å². The third kappa shape index (κ3) is 2.45. The van der Waals surface area contributed by atoms with Gasteiger partial charge in [0.25, 0.3) is 0 Å². The van der Waals surface area contributed by atoms with Gasteiger partial charge in [0.2, 0.25) is 0 Å². The van der Waals surface area contributed by atoms with Crippen LogP contribution in [0.4, 0.5) is 5.82 Å². The van der Waals surface area contributed by atoms with Gasteiger partial charge in [-0.3, -0.25) is 10.1 Å². The number of rotatable bonds is 2. The Morgan fingerprint density at radius 2 is 2.04 bits per heavy atom. The predicted molar refractivity (Wildman–Crippen MR) is 88.5 cm³/mol. The number of aromatic amines is 1. The van der Waals surface area contributed by atoms with Gasteiger partial charge in [0.15, 0.2) is 0 Å². The fourth-order valence-corrected chi connectivity index (χ4v) is 3.25. The summed E-state index contributed by atoms with van der Waals surface area (Å²) in [5.74, 6) is 0.886. The average Bonchev–Trinajstić information content (AvgIpc) is 2.93. The molecule has 3 aromatic rings. The summed E-state index contributed by atoms with van der Waals surface area (Å²) >= 11 is 0. The van der Waals surface area contributed by atoms with Crippen LogP contribution in [-0.4, -0.2) is 39.9 Å². The van der Waals surface area contributed by atoms with Crippen molar-refractivity contribution in [1.82, 2.24) is 20.2 Å². The van der Waals surface area contributed by atoms with E-state index < -0.39 is 0 Å². The van der Waals surface area contributed by atoms with Crippen LogP contribution in [0.5, 0.6) is 0 Å². The van der Waals surface area contributed by atoms with Crippen molar-refractivity contribution in [3.05, 3.63) is 47.4 Å². The Kier molecular flexibility index (Phi) is 3.46. The van der Waals surface area contributed by atoms with Crippen LogP contribution in [0.2, 0.25) is 0 Å². The van der Waals surface area contributed by atoms with E-state index in [1.54, 1.807) is 0 Å². The molecule has 23 heavy (non-hydrogen) atoms. The number of para-hydroxylation sites is 2. The van der Waals surface area contributed by atoms with Crippen LogP contribution in [0.3, 0.4) is 0 Å². The van der Waals surface area contributed by atoms with Gasteiger partial charge in [-0.2, -0.15) is 5.10 Å². The lowest BCUT2D eigenvalue weighted by atomic mass is 10.0. The van der Waals surface area contributed by atoms with Crippen molar-refractivity contribution in [2.45, 2.75) is 19.9 Å². The molecule has 0 radical (unpaired) electrons. The van der Waals surface area contributed by atoms with Gasteiger partial charge < -0.3 is 9.64 Å². The molecule has 0 spiro atoms. The minimum Gasteiger partial charge on any atom is -0.377 e. The fraction of sp³-hybridized carbons (Fsp3) is 0.353. The molecule has 1 aliphatic heterocycles. The van der Waals surface area contributed by atoms with Gasteiger partial charge in [-0.15, -0.1) is 0 Å². The standard InChI is InChI=1S/C17H19N5O/c1-11-17(12(2)21-20-11)15-10-23-8-7-22(15)16-9-18-13-5-3-4-6-14(13)19-16/h3-6,9,15H,7-8,10H2,1-2H3,(H,20,21). The second-order valence-electron chi connectivity index (χ2n) is 5.85. The minimum absolute atomic E-state index is 0.109. The molecule has 0 amide bonds. The number of hydrogen-bond acceptors (Lipinski definition) is 5. The van der Waals surface area contributed by atoms with E-state index >= 15 is 0 Å². The van der Waals surface area contributed by atoms with Gasteiger partial charge in [0, 0.05) is 17.8 Å². The summed E-state index contributed by atoms with van der Waals surface area (Å²) in [4.78, 5) is 11.6. The molecule has 1 atom stereocenters. The van der Waals surface area contributed by atoms with E-state index in [0.717, 1.165) is 34.8 Å². The monoisotopic (exact) mass is 309 g/mol. The third-order valence-electron chi connectivity index (χ3n) is 4.38. The zero-order valence-electron chi connectivity index (χ0n) is 13.3. The quantitative estimate of drug-likeness (QED) is 0.788. The van der Waals surface area contributed by atoms with Crippen LogP contribution >= 0.6 is 0 Å². The Balaban J connectivity index is 1.77. The van der Waals surface area contributed by atoms with Gasteiger partial charge >= 0.3 is 0 Å². The first-order valence-corrected chi connectivity index (χ1v) is 7.81. The Bertz CT molecular complexity index is 824. The number of nitrogens with one attached hydrogen (secondary N) is 1. The van der Waals surface area contributed by atoms with Gasteiger partial charge in [-0.05, 0) is 26.0 Å². The van der Waals surface area contributed by atoms with Gasteiger partial charge in [0.1, 0.15) is 5.82 Å². The van der Waals surface area contributed by atoms with Crippen molar-refractivity contribution in [1.29, 1.82) is 0 Å². The number of aryl methyl sites for hydroxylation is 2. The molecule has 0 saturated carbocycles. The van der Waals surface area contributed by atoms with Crippen molar-refractivity contribution >= 4 is 16.9 Å². The molecule has 1 N–H and O–H groups in total. The Hall–Kier alpha value is -2.47. The number of hydrogen-bond donors (Lipinski definition) is 1. The Labute approximate surface area is 134 Å². The highest BCUT2D eigenvalue weighted by molar-refractivity contribution is 5.75. The maximum atomic E-state index is 5.72. The fourth-order valence-electron chi connectivity index (χ4n) is 3.25. The van der Waals surface area contributed by atoms with Gasteiger partial charge in [-0.25, -0.2) is 4.98 Å². The number of fused-ring (bicyclic) bond motifs is 1. The molecular formula is C17H19N5O. The van der Waals surface area contributed by atoms with E-state index in [1.165, 1.54) is 5.56 Å². The van der Waals surface area contributed by atoms with Crippen LogP contribution in [0, 0.1) is 13.8 Å². The summed E-state index contributed by atoms with van der Waals surface area (Å²) < 4.78 is 5.72. The van der Waals surface area contributed by atoms with Crippen LogP contribution in [0.1, 0.15) is 23.0 Å². The minimum atomic E-state index is 0.109. The summed E-state index contributed by atoms with van der Waals surface area (Å²) in [6, 6.07) is 8.05. The summed E-state index contributed by atoms with van der Waals surface area (Å²) in [5, 5.41) is 7.39. The van der Waals surface area contributed by atoms with E-state index in [2.05, 4.69) is 20.1 Å². The molecule has 118 valence electrons. The van der Waals surface area contributed by atoms with E-state index in [1.807, 2.05) is 44.3 Å². The largest absolute Gasteiger partial charge is 0.377 e. The van der Waals surface area contributed by atoms with E-state index in [9.17, 15) is 0 Å². The van der Waals surface area contributed by atoms with Crippen LogP contribution in [0.25, 0.3) is 11.0 Å². The van der Waals surface area contributed by atoms with E-state index in [-0.39, 0.29) is 6.04 Å². The lowest BCUT2D eigenvalue weighted by Crippen LogP contribution is -2.40. The van der Waals surface area contributed by atoms with Crippen LogP contribution in [-0.2, 0) is 4.74 Å². The number of benzene rings is 1. The second-order valence-corrected chi connectivity index (χ2v) is 5.85. The number of ether oxygens (including phenoxy) is 1. The SMILES string of the molecule is Cc1n[nH]c(C)c1C1COCCN1c1cnc2ccccc2n1. The van der Waals surface area contributed by atoms with Crippen molar-refractivity contribution in [3.63, 3.8) is 0 Å². The molecule has 1 aliphatic rings. The molecular weight excluding hydrogens is 290 g/mol. The lowest BCUT2D eigenvalue weighted by molar-refractivity contribution is 0.0934. The summed E-state index contributed by atoms with van der Waals surface area (Å²) in [6.45, 7) is 6.20. The zero-order valence-corrected chi connectivity index (χ0v) is 13.3. The van der Waals surface area contributed by atoms with Crippen LogP contribution < -0.4 is 4.90 Å². The second kappa shape index (κ2) is 5.62. The maximum Gasteiger partial charge on any atom is 0.148 e. The molecule has 0 aliphatic carbocycles. The van der Waals surface area contributed by atoms with Crippen molar-refractivity contribution < 1.29 is 4.74 Å². The molecule has 4 rings (SSSR count). The van der Waals surface area contributed by atoms with Crippen molar-refractivity contribution in [2.75, 3.05) is 24.7 Å². The first-order valence-electron chi connectivity index (χ1n) is 7.81. The zero-order chi connectivity index (χ0) is 15.8. The number of morpholine rings is 1. The lowest BCUT2D eigenvalue weighted by Gasteiger charge is -2.36. The summed E-state index contributed by atoms with van der Waals surface area (Å²) in [6.07, 6.45) is 1.85. The first kappa shape index (κ1) is 14.1. The smallest absolute Gasteiger partial charge is 0.148 e. The molecule has 2 aromatic heterocycles. The Morgan fingerprint density at radius 1 is 1.22 bits per heavy atom. The van der Waals surface area contributed by atoms with Crippen molar-refractivity contribution in [3.8, 4) is 0 Å². The molecule has 6 nitrogen and oxygen atoms in total. The highest BCUT2D eigenvalue weighted by Crippen LogP contribution is 2.31. The Morgan fingerprint density at radius 3 is 2.83 bits per heavy atom. The molecule has 1 fully saturated rings. The molecule has 3 heterocycles. The third-order valence-corrected chi connectivity index (χ3v) is 4.38. The molecule has 1 aromatic carbocycles. The van der Waals surface area contributed by atoms with E-state index in [0.29, 0.717) is 13.2 Å². The summed E-state index contributed by atoms with van der Waals surface area (Å²) in [7, 11) is 0. The van der Waals surface area contributed by atoms with Gasteiger partial charge in [-0.1, -0.05) is 12.1 Å². The number of anilines is 1. The predicted octanol–water partition coefficient (Wildman–Crippen LogP) is 2.55. The normalized spacial score (nSPS) is 18.5. The van der Waals surface area contributed by atoms with Crippen LogP contribution in [0.15, 0.2) is 30.5 Å². The number of nitrogens with zero attached hydrogens (tertiary/aromatic N) is 4. The highest BCUT2D eigenvalue weighted by atomic mass is 16.5. The highest BCUT2D eigenvalue weighted by Gasteiger charge is 2.29. The van der Waals surface area contributed by atoms with Crippen molar-refractivity contribution in [2.24, 2.45) is 0 Å². The maximum absolute atomic E-state index is 5.72. The number of aromatic nitrogens is 4. The molecule has 6 heteroatoms. The molecule has 0 bridgehead atoms. The molecule has 1 saturated heterocycles. The molecule has 1 unspecified atom stereocenters. The topological polar surface area (TPSA) is 66.9 Å².